The van der Waals surface area contributed by atoms with Gasteiger partial charge in [-0.25, -0.2) is 0 Å². The summed E-state index contributed by atoms with van der Waals surface area (Å²) in [5, 5.41) is 10.5. The molecule has 0 aliphatic heterocycles. The van der Waals surface area contributed by atoms with E-state index in [0.29, 0.717) is 5.92 Å². The molecule has 1 aliphatic carbocycles. The van der Waals surface area contributed by atoms with Crippen molar-refractivity contribution in [2.45, 2.75) is 51.0 Å². The maximum Gasteiger partial charge on any atom is 0.0887 e. The van der Waals surface area contributed by atoms with Gasteiger partial charge in [0.2, 0.25) is 0 Å². The molecule has 20 heavy (non-hydrogen) atoms. The highest BCUT2D eigenvalue weighted by atomic mass is 32.1. The van der Waals surface area contributed by atoms with E-state index in [9.17, 15) is 5.11 Å². The van der Waals surface area contributed by atoms with Crippen LogP contribution in [0, 0.1) is 0 Å². The predicted molar refractivity (Wildman–Crippen MR) is 85.4 cm³/mol. The number of aliphatic hydroxyl groups excluding tert-OH is 1. The van der Waals surface area contributed by atoms with E-state index in [-0.39, 0.29) is 6.10 Å². The van der Waals surface area contributed by atoms with Gasteiger partial charge >= 0.3 is 0 Å². The molecule has 0 radical (unpaired) electrons. The lowest BCUT2D eigenvalue weighted by Gasteiger charge is -2.27. The highest BCUT2D eigenvalue weighted by Gasteiger charge is 2.23. The van der Waals surface area contributed by atoms with E-state index in [4.69, 9.17) is 0 Å². The number of aryl methyl sites for hydroxylation is 2. The van der Waals surface area contributed by atoms with Crippen LogP contribution >= 0.6 is 11.3 Å². The second kappa shape index (κ2) is 6.11. The topological polar surface area (TPSA) is 20.2 Å². The second-order valence-corrected chi connectivity index (χ2v) is 6.90. The van der Waals surface area contributed by atoms with Gasteiger partial charge < -0.3 is 5.11 Å². The standard InChI is InChI=1S/C18H22OS/c1-2-15-10-11-18(20-15)17(19)12-14-8-5-7-13-6-3-4-9-16(13)14/h3-4,6,9-11,14,17,19H,2,5,7-8,12H2,1H3. The average Bonchev–Trinajstić information content (AvgIpc) is 2.97. The van der Waals surface area contributed by atoms with Crippen LogP contribution in [0.25, 0.3) is 0 Å². The van der Waals surface area contributed by atoms with Gasteiger partial charge in [-0.1, -0.05) is 31.2 Å². The Morgan fingerprint density at radius 3 is 2.90 bits per heavy atom. The summed E-state index contributed by atoms with van der Waals surface area (Å²) in [4.78, 5) is 2.49. The molecule has 1 heterocycles. The molecule has 3 rings (SSSR count). The van der Waals surface area contributed by atoms with Gasteiger partial charge in [0.05, 0.1) is 6.10 Å². The Bertz CT molecular complexity index is 572. The number of fused-ring (bicyclic) bond motifs is 1. The minimum absolute atomic E-state index is 0.309. The van der Waals surface area contributed by atoms with Crippen LogP contribution in [-0.4, -0.2) is 5.11 Å². The smallest absolute Gasteiger partial charge is 0.0887 e. The van der Waals surface area contributed by atoms with Crippen LogP contribution in [0.4, 0.5) is 0 Å². The lowest BCUT2D eigenvalue weighted by molar-refractivity contribution is 0.157. The first kappa shape index (κ1) is 13.8. The summed E-state index contributed by atoms with van der Waals surface area (Å²) in [6.45, 7) is 2.17. The first-order valence-corrected chi connectivity index (χ1v) is 8.44. The Labute approximate surface area is 125 Å². The Balaban J connectivity index is 1.75. The Morgan fingerprint density at radius 1 is 1.25 bits per heavy atom. The molecule has 0 spiro atoms. The molecular weight excluding hydrogens is 264 g/mol. The van der Waals surface area contributed by atoms with E-state index in [1.807, 2.05) is 0 Å². The molecule has 0 saturated heterocycles. The molecule has 0 bridgehead atoms. The van der Waals surface area contributed by atoms with Crippen molar-refractivity contribution in [2.75, 3.05) is 0 Å². The van der Waals surface area contributed by atoms with Gasteiger partial charge in [-0.3, -0.25) is 0 Å². The quantitative estimate of drug-likeness (QED) is 0.851. The summed E-state index contributed by atoms with van der Waals surface area (Å²) in [7, 11) is 0. The molecule has 1 aromatic heterocycles. The number of benzene rings is 1. The molecule has 2 unspecified atom stereocenters. The van der Waals surface area contributed by atoms with E-state index in [0.717, 1.165) is 17.7 Å². The molecule has 0 amide bonds. The van der Waals surface area contributed by atoms with Gasteiger partial charge in [0.15, 0.2) is 0 Å². The zero-order valence-electron chi connectivity index (χ0n) is 12.0. The van der Waals surface area contributed by atoms with E-state index >= 15 is 0 Å². The third kappa shape index (κ3) is 2.82. The molecule has 1 nitrogen and oxygen atoms in total. The van der Waals surface area contributed by atoms with Gasteiger partial charge in [-0.15, -0.1) is 11.3 Å². The molecule has 1 aliphatic rings. The van der Waals surface area contributed by atoms with Gasteiger partial charge in [-0.2, -0.15) is 0 Å². The maximum atomic E-state index is 10.5. The van der Waals surface area contributed by atoms with Crippen molar-refractivity contribution >= 4 is 11.3 Å². The molecule has 2 atom stereocenters. The number of hydrogen-bond acceptors (Lipinski definition) is 2. The van der Waals surface area contributed by atoms with Gasteiger partial charge in [-0.05, 0) is 61.3 Å². The van der Waals surface area contributed by atoms with Crippen LogP contribution in [0.15, 0.2) is 36.4 Å². The van der Waals surface area contributed by atoms with Crippen molar-refractivity contribution in [2.24, 2.45) is 0 Å². The first-order valence-electron chi connectivity index (χ1n) is 7.62. The monoisotopic (exact) mass is 286 g/mol. The van der Waals surface area contributed by atoms with Crippen molar-refractivity contribution < 1.29 is 5.11 Å². The second-order valence-electron chi connectivity index (χ2n) is 5.70. The summed E-state index contributed by atoms with van der Waals surface area (Å²) < 4.78 is 0. The number of thiophene rings is 1. The van der Waals surface area contributed by atoms with Crippen LogP contribution in [0.5, 0.6) is 0 Å². The molecule has 1 N–H and O–H groups in total. The van der Waals surface area contributed by atoms with Crippen LogP contribution in [0.2, 0.25) is 0 Å². The Morgan fingerprint density at radius 2 is 2.10 bits per heavy atom. The minimum atomic E-state index is -0.309. The van der Waals surface area contributed by atoms with Crippen molar-refractivity contribution in [3.63, 3.8) is 0 Å². The van der Waals surface area contributed by atoms with Crippen molar-refractivity contribution in [1.82, 2.24) is 0 Å². The maximum absolute atomic E-state index is 10.5. The van der Waals surface area contributed by atoms with Crippen LogP contribution in [0.3, 0.4) is 0 Å². The van der Waals surface area contributed by atoms with Crippen molar-refractivity contribution in [1.29, 1.82) is 0 Å². The fourth-order valence-corrected chi connectivity index (χ4v) is 4.20. The highest BCUT2D eigenvalue weighted by Crippen LogP contribution is 2.38. The van der Waals surface area contributed by atoms with Gasteiger partial charge in [0.1, 0.15) is 0 Å². The summed E-state index contributed by atoms with van der Waals surface area (Å²) in [6.07, 6.45) is 5.27. The summed E-state index contributed by atoms with van der Waals surface area (Å²) in [5.41, 5.74) is 2.95. The van der Waals surface area contributed by atoms with E-state index in [2.05, 4.69) is 43.3 Å². The third-order valence-electron chi connectivity index (χ3n) is 4.36. The fourth-order valence-electron chi connectivity index (χ4n) is 3.25. The Hall–Kier alpha value is -1.12. The first-order chi connectivity index (χ1) is 9.78. The zero-order valence-corrected chi connectivity index (χ0v) is 12.8. The fraction of sp³-hybridized carbons (Fsp3) is 0.444. The minimum Gasteiger partial charge on any atom is -0.388 e. The van der Waals surface area contributed by atoms with E-state index in [1.54, 1.807) is 11.3 Å². The van der Waals surface area contributed by atoms with Crippen LogP contribution in [-0.2, 0) is 12.8 Å². The molecule has 2 aromatic rings. The summed E-state index contributed by atoms with van der Waals surface area (Å²) >= 11 is 1.76. The number of hydrogen-bond donors (Lipinski definition) is 1. The molecular formula is C18H22OS. The van der Waals surface area contributed by atoms with E-state index < -0.39 is 0 Å². The zero-order chi connectivity index (χ0) is 13.9. The normalized spacial score (nSPS) is 19.6. The highest BCUT2D eigenvalue weighted by molar-refractivity contribution is 7.12. The summed E-state index contributed by atoms with van der Waals surface area (Å²) in [5.74, 6) is 0.516. The van der Waals surface area contributed by atoms with Crippen LogP contribution < -0.4 is 0 Å². The van der Waals surface area contributed by atoms with Crippen molar-refractivity contribution in [3.8, 4) is 0 Å². The lowest BCUT2D eigenvalue weighted by Crippen LogP contribution is -2.12. The van der Waals surface area contributed by atoms with E-state index in [1.165, 1.54) is 35.3 Å². The average molecular weight is 286 g/mol. The number of rotatable bonds is 4. The van der Waals surface area contributed by atoms with Gasteiger partial charge in [0.25, 0.3) is 0 Å². The molecule has 0 saturated carbocycles. The molecule has 1 aromatic carbocycles. The van der Waals surface area contributed by atoms with Gasteiger partial charge in [0, 0.05) is 9.75 Å². The van der Waals surface area contributed by atoms with Crippen molar-refractivity contribution in [3.05, 3.63) is 57.3 Å². The largest absolute Gasteiger partial charge is 0.388 e. The Kier molecular flexibility index (Phi) is 4.23. The molecule has 0 fully saturated rings. The SMILES string of the molecule is CCc1ccc(C(O)CC2CCCc3ccccc32)s1. The molecule has 106 valence electrons. The lowest BCUT2D eigenvalue weighted by atomic mass is 9.80. The van der Waals surface area contributed by atoms with Crippen LogP contribution in [0.1, 0.15) is 59.1 Å². The third-order valence-corrected chi connectivity index (χ3v) is 5.69. The predicted octanol–water partition coefficient (Wildman–Crippen LogP) is 4.85. The molecule has 2 heteroatoms. The number of aliphatic hydroxyl groups is 1. The summed E-state index contributed by atoms with van der Waals surface area (Å²) in [6, 6.07) is 13.0.